The maximum atomic E-state index is 13.1. The average Bonchev–Trinajstić information content (AvgIpc) is 3.24. The van der Waals surface area contributed by atoms with E-state index < -0.39 is 0 Å². The van der Waals surface area contributed by atoms with Gasteiger partial charge < -0.3 is 19.7 Å². The standard InChI is InChI=1S/C21H28N2O3S/c1-25-19-6-5-16(12-20(19)26-2)7-10-23(14-17-8-11-27-15-17)21(24)18-4-3-9-22-13-18/h5-6,8,11-12,15,18,22H,3-4,7,9-10,13-14H2,1-2H3. The van der Waals surface area contributed by atoms with Gasteiger partial charge >= 0.3 is 0 Å². The number of piperidine rings is 1. The van der Waals surface area contributed by atoms with Crippen molar-refractivity contribution >= 4 is 17.2 Å². The summed E-state index contributed by atoms with van der Waals surface area (Å²) in [6, 6.07) is 8.05. The van der Waals surface area contributed by atoms with Crippen LogP contribution in [0.15, 0.2) is 35.0 Å². The number of rotatable bonds is 8. The summed E-state index contributed by atoms with van der Waals surface area (Å²) in [7, 11) is 3.28. The lowest BCUT2D eigenvalue weighted by atomic mass is 9.97. The highest BCUT2D eigenvalue weighted by atomic mass is 32.1. The molecule has 1 unspecified atom stereocenters. The van der Waals surface area contributed by atoms with E-state index in [1.54, 1.807) is 25.6 Å². The summed E-state index contributed by atoms with van der Waals surface area (Å²) in [4.78, 5) is 15.1. The molecule has 1 atom stereocenters. The fraction of sp³-hybridized carbons (Fsp3) is 0.476. The fourth-order valence-corrected chi connectivity index (χ4v) is 4.15. The van der Waals surface area contributed by atoms with Gasteiger partial charge in [0.1, 0.15) is 0 Å². The summed E-state index contributed by atoms with van der Waals surface area (Å²) in [6.45, 7) is 3.17. The first-order valence-corrected chi connectivity index (χ1v) is 10.4. The van der Waals surface area contributed by atoms with Crippen LogP contribution in [0.5, 0.6) is 11.5 Å². The Balaban J connectivity index is 1.69. The maximum Gasteiger partial charge on any atom is 0.227 e. The number of amides is 1. The molecule has 1 aromatic carbocycles. The lowest BCUT2D eigenvalue weighted by Gasteiger charge is -2.30. The van der Waals surface area contributed by atoms with Gasteiger partial charge in [0.05, 0.1) is 20.1 Å². The van der Waals surface area contributed by atoms with Gasteiger partial charge in [-0.1, -0.05) is 6.07 Å². The second-order valence-corrected chi connectivity index (χ2v) is 7.65. The molecular formula is C21H28N2O3S. The van der Waals surface area contributed by atoms with Crippen LogP contribution < -0.4 is 14.8 Å². The zero-order chi connectivity index (χ0) is 19.1. The summed E-state index contributed by atoms with van der Waals surface area (Å²) in [6.07, 6.45) is 2.83. The van der Waals surface area contributed by atoms with Gasteiger partial charge in [0.2, 0.25) is 5.91 Å². The molecule has 0 aliphatic carbocycles. The molecule has 27 heavy (non-hydrogen) atoms. The summed E-state index contributed by atoms with van der Waals surface area (Å²) in [5.41, 5.74) is 2.34. The van der Waals surface area contributed by atoms with Crippen molar-refractivity contribution in [3.63, 3.8) is 0 Å². The number of thiophene rings is 1. The van der Waals surface area contributed by atoms with Crippen molar-refractivity contribution in [2.24, 2.45) is 5.92 Å². The van der Waals surface area contributed by atoms with E-state index in [2.05, 4.69) is 22.1 Å². The summed E-state index contributed by atoms with van der Waals surface area (Å²) in [5, 5.41) is 7.54. The van der Waals surface area contributed by atoms with Crippen molar-refractivity contribution in [1.29, 1.82) is 0 Å². The quantitative estimate of drug-likeness (QED) is 0.754. The van der Waals surface area contributed by atoms with Crippen LogP contribution in [0, 0.1) is 5.92 Å². The molecule has 146 valence electrons. The summed E-state index contributed by atoms with van der Waals surface area (Å²) >= 11 is 1.67. The Morgan fingerprint density at radius 1 is 1.22 bits per heavy atom. The third-order valence-corrected chi connectivity index (χ3v) is 5.76. The number of carbonyl (C=O) groups excluding carboxylic acids is 1. The predicted molar refractivity (Wildman–Crippen MR) is 109 cm³/mol. The lowest BCUT2D eigenvalue weighted by molar-refractivity contribution is -0.136. The van der Waals surface area contributed by atoms with Gasteiger partial charge in [0.15, 0.2) is 11.5 Å². The molecule has 1 amide bonds. The van der Waals surface area contributed by atoms with E-state index in [-0.39, 0.29) is 11.8 Å². The van der Waals surface area contributed by atoms with E-state index in [4.69, 9.17) is 9.47 Å². The largest absolute Gasteiger partial charge is 0.493 e. The molecule has 0 spiro atoms. The molecule has 0 bridgehead atoms. The average molecular weight is 389 g/mol. The van der Waals surface area contributed by atoms with Crippen LogP contribution in [0.3, 0.4) is 0 Å². The highest BCUT2D eigenvalue weighted by molar-refractivity contribution is 7.07. The van der Waals surface area contributed by atoms with Crippen molar-refractivity contribution < 1.29 is 14.3 Å². The zero-order valence-corrected chi connectivity index (χ0v) is 16.9. The van der Waals surface area contributed by atoms with Gasteiger partial charge in [-0.15, -0.1) is 0 Å². The fourth-order valence-electron chi connectivity index (χ4n) is 3.49. The topological polar surface area (TPSA) is 50.8 Å². The molecule has 3 rings (SSSR count). The Kier molecular flexibility index (Phi) is 7.12. The van der Waals surface area contributed by atoms with Crippen LogP contribution in [0.4, 0.5) is 0 Å². The number of ether oxygens (including phenoxy) is 2. The number of carbonyl (C=O) groups is 1. The van der Waals surface area contributed by atoms with E-state index >= 15 is 0 Å². The number of benzene rings is 1. The monoisotopic (exact) mass is 388 g/mol. The Labute approximate surface area is 165 Å². The van der Waals surface area contributed by atoms with E-state index in [9.17, 15) is 4.79 Å². The van der Waals surface area contributed by atoms with Gasteiger partial charge in [-0.25, -0.2) is 0 Å². The van der Waals surface area contributed by atoms with Crippen molar-refractivity contribution in [1.82, 2.24) is 10.2 Å². The van der Waals surface area contributed by atoms with Crippen LogP contribution in [-0.4, -0.2) is 44.7 Å². The number of hydrogen-bond donors (Lipinski definition) is 1. The molecule has 0 saturated carbocycles. The third-order valence-electron chi connectivity index (χ3n) is 5.03. The smallest absolute Gasteiger partial charge is 0.227 e. The zero-order valence-electron chi connectivity index (χ0n) is 16.1. The highest BCUT2D eigenvalue weighted by Crippen LogP contribution is 2.28. The Morgan fingerprint density at radius 3 is 2.74 bits per heavy atom. The number of nitrogens with one attached hydrogen (secondary N) is 1. The maximum absolute atomic E-state index is 13.1. The second-order valence-electron chi connectivity index (χ2n) is 6.87. The van der Waals surface area contributed by atoms with Gasteiger partial charge in [-0.05, 0) is 65.9 Å². The number of hydrogen-bond acceptors (Lipinski definition) is 5. The molecule has 1 saturated heterocycles. The van der Waals surface area contributed by atoms with E-state index in [0.29, 0.717) is 13.1 Å². The number of nitrogens with zero attached hydrogens (tertiary/aromatic N) is 1. The van der Waals surface area contributed by atoms with E-state index in [1.165, 1.54) is 5.56 Å². The second kappa shape index (κ2) is 9.76. The van der Waals surface area contributed by atoms with Crippen LogP contribution in [0.2, 0.25) is 0 Å². The van der Waals surface area contributed by atoms with Crippen LogP contribution in [0.1, 0.15) is 24.0 Å². The summed E-state index contributed by atoms with van der Waals surface area (Å²) < 4.78 is 10.7. The van der Waals surface area contributed by atoms with Crippen molar-refractivity contribution in [2.75, 3.05) is 33.9 Å². The molecule has 1 aliphatic rings. The summed E-state index contributed by atoms with van der Waals surface area (Å²) in [5.74, 6) is 1.79. The number of methoxy groups -OCH3 is 2. The molecule has 2 aromatic rings. The van der Waals surface area contributed by atoms with Crippen molar-refractivity contribution in [3.05, 3.63) is 46.2 Å². The molecule has 1 aromatic heterocycles. The minimum absolute atomic E-state index is 0.0859. The normalized spacial score (nSPS) is 16.7. The molecule has 1 N–H and O–H groups in total. The highest BCUT2D eigenvalue weighted by Gasteiger charge is 2.26. The van der Waals surface area contributed by atoms with Gasteiger partial charge in [0, 0.05) is 19.6 Å². The van der Waals surface area contributed by atoms with Crippen LogP contribution in [0.25, 0.3) is 0 Å². The SMILES string of the molecule is COc1ccc(CCN(Cc2ccsc2)C(=O)C2CCCNC2)cc1OC. The van der Waals surface area contributed by atoms with Gasteiger partial charge in [0.25, 0.3) is 0 Å². The van der Waals surface area contributed by atoms with Crippen molar-refractivity contribution in [2.45, 2.75) is 25.8 Å². The molecule has 1 fully saturated rings. The van der Waals surface area contributed by atoms with Gasteiger partial charge in [-0.2, -0.15) is 11.3 Å². The predicted octanol–water partition coefficient (Wildman–Crippen LogP) is 3.34. The minimum atomic E-state index is 0.0859. The Hall–Kier alpha value is -2.05. The van der Waals surface area contributed by atoms with Crippen LogP contribution >= 0.6 is 11.3 Å². The van der Waals surface area contributed by atoms with Crippen LogP contribution in [-0.2, 0) is 17.8 Å². The molecule has 1 aliphatic heterocycles. The lowest BCUT2D eigenvalue weighted by Crippen LogP contribution is -2.43. The Morgan fingerprint density at radius 2 is 2.07 bits per heavy atom. The first-order valence-electron chi connectivity index (χ1n) is 9.42. The molecule has 6 heteroatoms. The first kappa shape index (κ1) is 19.7. The first-order chi connectivity index (χ1) is 13.2. The molecule has 0 radical (unpaired) electrons. The van der Waals surface area contributed by atoms with Crippen molar-refractivity contribution in [3.8, 4) is 11.5 Å². The van der Waals surface area contributed by atoms with E-state index in [1.807, 2.05) is 23.1 Å². The molecule has 5 nitrogen and oxygen atoms in total. The third kappa shape index (κ3) is 5.23. The molecular weight excluding hydrogens is 360 g/mol. The van der Waals surface area contributed by atoms with Gasteiger partial charge in [-0.3, -0.25) is 4.79 Å². The minimum Gasteiger partial charge on any atom is -0.493 e. The Bertz CT molecular complexity index is 727. The van der Waals surface area contributed by atoms with E-state index in [0.717, 1.165) is 49.4 Å². The molecule has 2 heterocycles.